The van der Waals surface area contributed by atoms with Gasteiger partial charge < -0.3 is 5.32 Å². The maximum absolute atomic E-state index is 11.6. The Bertz CT molecular complexity index is 505. The first-order chi connectivity index (χ1) is 7.95. The van der Waals surface area contributed by atoms with E-state index in [9.17, 15) is 14.9 Å². The molecule has 0 fully saturated rings. The molecule has 0 aromatic heterocycles. The minimum atomic E-state index is -0.636. The van der Waals surface area contributed by atoms with Gasteiger partial charge in [0.1, 0.15) is 6.04 Å². The fourth-order valence-electron chi connectivity index (χ4n) is 1.26. The van der Waals surface area contributed by atoms with Crippen molar-refractivity contribution in [2.24, 2.45) is 0 Å². The lowest BCUT2D eigenvalue weighted by atomic mass is 10.1. The number of hydrogen-bond acceptors (Lipinski definition) is 4. The van der Waals surface area contributed by atoms with Crippen LogP contribution in [-0.2, 0) is 0 Å². The summed E-state index contributed by atoms with van der Waals surface area (Å²) in [5.74, 6) is -0.498. The molecule has 0 heterocycles. The SMILES string of the molecule is Cc1ccc(C(=O)NC(C)C#N)cc1[N+](=O)[O-]. The molecule has 1 aromatic carbocycles. The van der Waals surface area contributed by atoms with Crippen LogP contribution in [0.1, 0.15) is 22.8 Å². The third kappa shape index (κ3) is 3.01. The predicted molar refractivity (Wildman–Crippen MR) is 60.4 cm³/mol. The fraction of sp³-hybridized carbons (Fsp3) is 0.273. The number of rotatable bonds is 3. The number of nitrogens with zero attached hydrogens (tertiary/aromatic N) is 2. The van der Waals surface area contributed by atoms with Crippen LogP contribution in [0.3, 0.4) is 0 Å². The quantitative estimate of drug-likeness (QED) is 0.632. The number of benzene rings is 1. The molecule has 88 valence electrons. The Labute approximate surface area is 98.0 Å². The van der Waals surface area contributed by atoms with Crippen molar-refractivity contribution in [3.63, 3.8) is 0 Å². The molecule has 0 spiro atoms. The lowest BCUT2D eigenvalue weighted by Crippen LogP contribution is -2.31. The minimum Gasteiger partial charge on any atom is -0.337 e. The Morgan fingerprint density at radius 3 is 2.76 bits per heavy atom. The van der Waals surface area contributed by atoms with E-state index in [2.05, 4.69) is 5.32 Å². The van der Waals surface area contributed by atoms with Crippen LogP contribution in [-0.4, -0.2) is 16.9 Å². The van der Waals surface area contributed by atoms with Gasteiger partial charge in [-0.2, -0.15) is 5.26 Å². The number of aryl methyl sites for hydroxylation is 1. The molecular formula is C11H11N3O3. The summed E-state index contributed by atoms with van der Waals surface area (Å²) in [6.07, 6.45) is 0. The molecule has 1 amide bonds. The molecule has 1 aromatic rings. The second-order valence-electron chi connectivity index (χ2n) is 3.58. The van der Waals surface area contributed by atoms with Crippen molar-refractivity contribution in [1.29, 1.82) is 5.26 Å². The van der Waals surface area contributed by atoms with Crippen LogP contribution < -0.4 is 5.32 Å². The number of amides is 1. The van der Waals surface area contributed by atoms with Gasteiger partial charge in [0.2, 0.25) is 0 Å². The van der Waals surface area contributed by atoms with Crippen LogP contribution in [0.4, 0.5) is 5.69 Å². The number of nitriles is 1. The third-order valence-corrected chi connectivity index (χ3v) is 2.21. The van der Waals surface area contributed by atoms with Gasteiger partial charge in [-0.3, -0.25) is 14.9 Å². The molecule has 0 radical (unpaired) electrons. The van der Waals surface area contributed by atoms with Gasteiger partial charge in [-0.15, -0.1) is 0 Å². The van der Waals surface area contributed by atoms with Crippen molar-refractivity contribution in [1.82, 2.24) is 5.32 Å². The highest BCUT2D eigenvalue weighted by molar-refractivity contribution is 5.95. The first-order valence-corrected chi connectivity index (χ1v) is 4.91. The van der Waals surface area contributed by atoms with Crippen molar-refractivity contribution >= 4 is 11.6 Å². The Morgan fingerprint density at radius 1 is 1.59 bits per heavy atom. The summed E-state index contributed by atoms with van der Waals surface area (Å²) in [5, 5.41) is 21.6. The number of nitrogens with one attached hydrogen (secondary N) is 1. The Morgan fingerprint density at radius 2 is 2.24 bits per heavy atom. The molecule has 0 aliphatic rings. The first-order valence-electron chi connectivity index (χ1n) is 4.91. The molecule has 6 nitrogen and oxygen atoms in total. The molecule has 0 aliphatic carbocycles. The average Bonchev–Trinajstić information content (AvgIpc) is 2.28. The maximum atomic E-state index is 11.6. The van der Waals surface area contributed by atoms with Crippen LogP contribution in [0, 0.1) is 28.4 Å². The zero-order valence-corrected chi connectivity index (χ0v) is 9.43. The topological polar surface area (TPSA) is 96.0 Å². The van der Waals surface area contributed by atoms with Gasteiger partial charge in [-0.1, -0.05) is 6.07 Å². The van der Waals surface area contributed by atoms with E-state index in [1.165, 1.54) is 25.1 Å². The smallest absolute Gasteiger partial charge is 0.273 e. The number of carbonyl (C=O) groups is 1. The van der Waals surface area contributed by atoms with Crippen molar-refractivity contribution in [3.05, 3.63) is 39.4 Å². The zero-order valence-electron chi connectivity index (χ0n) is 9.43. The second kappa shape index (κ2) is 5.07. The highest BCUT2D eigenvalue weighted by Crippen LogP contribution is 2.19. The summed E-state index contributed by atoms with van der Waals surface area (Å²) >= 11 is 0. The average molecular weight is 233 g/mol. The van der Waals surface area contributed by atoms with E-state index in [-0.39, 0.29) is 11.3 Å². The molecule has 17 heavy (non-hydrogen) atoms. The predicted octanol–water partition coefficient (Wildman–Crippen LogP) is 1.55. The Balaban J connectivity index is 3.01. The molecular weight excluding hydrogens is 222 g/mol. The number of nitro groups is 1. The molecule has 1 atom stereocenters. The molecule has 1 N–H and O–H groups in total. The zero-order chi connectivity index (χ0) is 13.0. The van der Waals surface area contributed by atoms with Gasteiger partial charge in [-0.05, 0) is 19.9 Å². The largest absolute Gasteiger partial charge is 0.337 e. The van der Waals surface area contributed by atoms with Crippen LogP contribution in [0.2, 0.25) is 0 Å². The van der Waals surface area contributed by atoms with E-state index in [0.717, 1.165) is 0 Å². The molecule has 6 heteroatoms. The number of carbonyl (C=O) groups excluding carboxylic acids is 1. The highest BCUT2D eigenvalue weighted by atomic mass is 16.6. The van der Waals surface area contributed by atoms with E-state index >= 15 is 0 Å². The van der Waals surface area contributed by atoms with Crippen LogP contribution in [0.25, 0.3) is 0 Å². The number of hydrogen-bond donors (Lipinski definition) is 1. The first kappa shape index (κ1) is 12.6. The second-order valence-corrected chi connectivity index (χ2v) is 3.58. The van der Waals surface area contributed by atoms with E-state index in [1.807, 2.05) is 6.07 Å². The molecule has 0 saturated heterocycles. The maximum Gasteiger partial charge on any atom is 0.273 e. The number of nitro benzene ring substituents is 1. The minimum absolute atomic E-state index is 0.109. The third-order valence-electron chi connectivity index (χ3n) is 2.21. The van der Waals surface area contributed by atoms with Gasteiger partial charge in [-0.25, -0.2) is 0 Å². The standard InChI is InChI=1S/C11H11N3O3/c1-7-3-4-9(5-10(7)14(16)17)11(15)13-8(2)6-12/h3-5,8H,1-2H3,(H,13,15). The Kier molecular flexibility index (Phi) is 3.78. The van der Waals surface area contributed by atoms with Crippen LogP contribution >= 0.6 is 0 Å². The van der Waals surface area contributed by atoms with Gasteiger partial charge in [0.15, 0.2) is 0 Å². The van der Waals surface area contributed by atoms with Crippen LogP contribution in [0.15, 0.2) is 18.2 Å². The molecule has 0 aliphatic heterocycles. The van der Waals surface area contributed by atoms with Gasteiger partial charge >= 0.3 is 0 Å². The van der Waals surface area contributed by atoms with E-state index in [4.69, 9.17) is 5.26 Å². The summed E-state index contributed by atoms with van der Waals surface area (Å²) in [5.41, 5.74) is 0.548. The van der Waals surface area contributed by atoms with Crippen molar-refractivity contribution in [3.8, 4) is 6.07 Å². The van der Waals surface area contributed by atoms with Gasteiger partial charge in [0, 0.05) is 17.2 Å². The Hall–Kier alpha value is -2.42. The fourth-order valence-corrected chi connectivity index (χ4v) is 1.26. The monoisotopic (exact) mass is 233 g/mol. The van der Waals surface area contributed by atoms with E-state index in [1.54, 1.807) is 6.92 Å². The lowest BCUT2D eigenvalue weighted by molar-refractivity contribution is -0.385. The summed E-state index contributed by atoms with van der Waals surface area (Å²) in [6, 6.07) is 5.41. The van der Waals surface area contributed by atoms with Gasteiger partial charge in [0.05, 0.1) is 11.0 Å². The summed E-state index contributed by atoms with van der Waals surface area (Å²) in [7, 11) is 0. The normalized spacial score (nSPS) is 11.4. The van der Waals surface area contributed by atoms with E-state index < -0.39 is 16.9 Å². The molecule has 1 rings (SSSR count). The summed E-state index contributed by atoms with van der Waals surface area (Å²) in [4.78, 5) is 21.8. The summed E-state index contributed by atoms with van der Waals surface area (Å²) in [6.45, 7) is 3.12. The van der Waals surface area contributed by atoms with Crippen molar-refractivity contribution < 1.29 is 9.72 Å². The molecule has 0 bridgehead atoms. The molecule has 0 saturated carbocycles. The van der Waals surface area contributed by atoms with E-state index in [0.29, 0.717) is 5.56 Å². The van der Waals surface area contributed by atoms with Gasteiger partial charge in [0.25, 0.3) is 11.6 Å². The summed E-state index contributed by atoms with van der Waals surface area (Å²) < 4.78 is 0. The lowest BCUT2D eigenvalue weighted by Gasteiger charge is -2.06. The highest BCUT2D eigenvalue weighted by Gasteiger charge is 2.15. The van der Waals surface area contributed by atoms with Crippen LogP contribution in [0.5, 0.6) is 0 Å². The van der Waals surface area contributed by atoms with Crippen molar-refractivity contribution in [2.75, 3.05) is 0 Å². The molecule has 1 unspecified atom stereocenters. The van der Waals surface area contributed by atoms with Crippen molar-refractivity contribution in [2.45, 2.75) is 19.9 Å².